The molecule has 1 aliphatic rings. The molecular weight excluding hydrogens is 287 g/mol. The zero-order valence-corrected chi connectivity index (χ0v) is 10.9. The Labute approximate surface area is 108 Å². The van der Waals surface area contributed by atoms with E-state index < -0.39 is 0 Å². The molecule has 0 saturated carbocycles. The highest BCUT2D eigenvalue weighted by molar-refractivity contribution is 9.10. The van der Waals surface area contributed by atoms with Crippen molar-refractivity contribution >= 4 is 21.8 Å². The molecule has 1 aromatic carbocycles. The van der Waals surface area contributed by atoms with Crippen molar-refractivity contribution in [3.05, 3.63) is 34.1 Å². The van der Waals surface area contributed by atoms with Gasteiger partial charge in [0.05, 0.1) is 4.47 Å². The fraction of sp³-hybridized carbons (Fsp3) is 0.417. The number of benzene rings is 1. The van der Waals surface area contributed by atoms with Gasteiger partial charge in [-0.2, -0.15) is 0 Å². The summed E-state index contributed by atoms with van der Waals surface area (Å²) in [6, 6.07) is 4.33. The molecule has 0 bridgehead atoms. The average molecular weight is 301 g/mol. The lowest BCUT2D eigenvalue weighted by Crippen LogP contribution is -2.29. The van der Waals surface area contributed by atoms with Crippen molar-refractivity contribution in [1.82, 2.24) is 4.90 Å². The van der Waals surface area contributed by atoms with Gasteiger partial charge >= 0.3 is 0 Å². The molecule has 2 rings (SSSR count). The summed E-state index contributed by atoms with van der Waals surface area (Å²) in [6.07, 6.45) is 0.949. The summed E-state index contributed by atoms with van der Waals surface area (Å²) in [4.78, 5) is 13.9. The number of likely N-dealkylation sites (tertiary alicyclic amines) is 1. The molecule has 1 fully saturated rings. The van der Waals surface area contributed by atoms with Crippen LogP contribution in [0.3, 0.4) is 0 Å². The number of nitrogens with zero attached hydrogens (tertiary/aromatic N) is 1. The zero-order valence-electron chi connectivity index (χ0n) is 9.33. The summed E-state index contributed by atoms with van der Waals surface area (Å²) >= 11 is 3.08. The van der Waals surface area contributed by atoms with E-state index in [1.807, 2.05) is 0 Å². The molecule has 1 atom stereocenters. The largest absolute Gasteiger partial charge is 0.338 e. The van der Waals surface area contributed by atoms with Crippen molar-refractivity contribution in [3.63, 3.8) is 0 Å². The predicted molar refractivity (Wildman–Crippen MR) is 67.2 cm³/mol. The second-order valence-corrected chi connectivity index (χ2v) is 5.12. The number of amides is 1. The van der Waals surface area contributed by atoms with Crippen molar-refractivity contribution in [1.29, 1.82) is 0 Å². The molecule has 0 radical (unpaired) electrons. The van der Waals surface area contributed by atoms with E-state index in [1.165, 1.54) is 18.2 Å². The van der Waals surface area contributed by atoms with Gasteiger partial charge < -0.3 is 10.6 Å². The van der Waals surface area contributed by atoms with Gasteiger partial charge in [-0.1, -0.05) is 0 Å². The highest BCUT2D eigenvalue weighted by Crippen LogP contribution is 2.21. The maximum Gasteiger partial charge on any atom is 0.253 e. The van der Waals surface area contributed by atoms with Crippen LogP contribution < -0.4 is 5.73 Å². The van der Waals surface area contributed by atoms with Gasteiger partial charge in [-0.25, -0.2) is 4.39 Å². The molecule has 1 unspecified atom stereocenters. The number of halogens is 2. The quantitative estimate of drug-likeness (QED) is 0.908. The molecule has 1 heterocycles. The number of hydrogen-bond donors (Lipinski definition) is 1. The number of rotatable bonds is 2. The first kappa shape index (κ1) is 12.5. The molecule has 0 spiro atoms. The van der Waals surface area contributed by atoms with E-state index in [4.69, 9.17) is 5.73 Å². The Morgan fingerprint density at radius 2 is 2.35 bits per heavy atom. The van der Waals surface area contributed by atoms with E-state index in [0.29, 0.717) is 29.0 Å². The second-order valence-electron chi connectivity index (χ2n) is 4.27. The molecule has 3 nitrogen and oxygen atoms in total. The van der Waals surface area contributed by atoms with Crippen LogP contribution in [0.5, 0.6) is 0 Å². The minimum Gasteiger partial charge on any atom is -0.338 e. The highest BCUT2D eigenvalue weighted by atomic mass is 79.9. The van der Waals surface area contributed by atoms with Crippen LogP contribution in [0.4, 0.5) is 4.39 Å². The SMILES string of the molecule is NCC1CCN(C(=O)c2ccc(F)c(Br)c2)C1. The van der Waals surface area contributed by atoms with Crippen molar-refractivity contribution in [2.75, 3.05) is 19.6 Å². The highest BCUT2D eigenvalue weighted by Gasteiger charge is 2.26. The summed E-state index contributed by atoms with van der Waals surface area (Å²) < 4.78 is 13.4. The third-order valence-electron chi connectivity index (χ3n) is 3.07. The molecule has 17 heavy (non-hydrogen) atoms. The maximum atomic E-state index is 13.1. The van der Waals surface area contributed by atoms with Crippen LogP contribution >= 0.6 is 15.9 Å². The van der Waals surface area contributed by atoms with Gasteiger partial charge in [-0.15, -0.1) is 0 Å². The molecule has 0 aromatic heterocycles. The average Bonchev–Trinajstić information content (AvgIpc) is 2.80. The number of carbonyl (C=O) groups excluding carboxylic acids is 1. The minimum atomic E-state index is -0.359. The standard InChI is InChI=1S/C12H14BrFN2O/c13-10-5-9(1-2-11(10)14)12(17)16-4-3-8(6-15)7-16/h1-2,5,8H,3-4,6-7,15H2. The Kier molecular flexibility index (Phi) is 3.79. The normalized spacial score (nSPS) is 19.7. The Morgan fingerprint density at radius 1 is 1.59 bits per heavy atom. The van der Waals surface area contributed by atoms with E-state index in [2.05, 4.69) is 15.9 Å². The second kappa shape index (κ2) is 5.14. The third kappa shape index (κ3) is 2.66. The summed E-state index contributed by atoms with van der Waals surface area (Å²) in [6.45, 7) is 2.04. The third-order valence-corrected chi connectivity index (χ3v) is 3.68. The van der Waals surface area contributed by atoms with Gasteiger partial charge in [0.25, 0.3) is 5.91 Å². The summed E-state index contributed by atoms with van der Waals surface area (Å²) in [5.41, 5.74) is 6.09. The molecule has 5 heteroatoms. The Bertz CT molecular complexity index is 439. The van der Waals surface area contributed by atoms with Crippen LogP contribution in [0, 0.1) is 11.7 Å². The molecule has 2 N–H and O–H groups in total. The van der Waals surface area contributed by atoms with Crippen LogP contribution in [0.25, 0.3) is 0 Å². The lowest BCUT2D eigenvalue weighted by atomic mass is 10.1. The van der Waals surface area contributed by atoms with Crippen LogP contribution in [0.2, 0.25) is 0 Å². The molecule has 1 aromatic rings. The van der Waals surface area contributed by atoms with Gasteiger partial charge in [0.2, 0.25) is 0 Å². The van der Waals surface area contributed by atoms with Crippen LogP contribution in [0.15, 0.2) is 22.7 Å². The van der Waals surface area contributed by atoms with Gasteiger partial charge in [-0.3, -0.25) is 4.79 Å². The molecule has 0 aliphatic carbocycles. The number of hydrogen-bond acceptors (Lipinski definition) is 2. The maximum absolute atomic E-state index is 13.1. The zero-order chi connectivity index (χ0) is 12.4. The fourth-order valence-electron chi connectivity index (χ4n) is 2.02. The van der Waals surface area contributed by atoms with Crippen molar-refractivity contribution in [2.45, 2.75) is 6.42 Å². The molecule has 1 amide bonds. The van der Waals surface area contributed by atoms with Gasteiger partial charge in [0, 0.05) is 18.7 Å². The lowest BCUT2D eigenvalue weighted by molar-refractivity contribution is 0.0787. The van der Waals surface area contributed by atoms with Gasteiger partial charge in [-0.05, 0) is 53.0 Å². The Hall–Kier alpha value is -0.940. The van der Waals surface area contributed by atoms with E-state index in [9.17, 15) is 9.18 Å². The first-order valence-electron chi connectivity index (χ1n) is 5.56. The summed E-state index contributed by atoms with van der Waals surface area (Å²) in [5.74, 6) is -0.0210. The molecular formula is C12H14BrFN2O. The van der Waals surface area contributed by atoms with Crippen LogP contribution in [-0.4, -0.2) is 30.4 Å². The topological polar surface area (TPSA) is 46.3 Å². The van der Waals surface area contributed by atoms with Crippen molar-refractivity contribution in [3.8, 4) is 0 Å². The lowest BCUT2D eigenvalue weighted by Gasteiger charge is -2.16. The molecule has 1 saturated heterocycles. The molecule has 92 valence electrons. The first-order valence-corrected chi connectivity index (χ1v) is 6.35. The smallest absolute Gasteiger partial charge is 0.253 e. The van der Waals surface area contributed by atoms with Gasteiger partial charge in [0.15, 0.2) is 0 Å². The first-order chi connectivity index (χ1) is 8.11. The van der Waals surface area contributed by atoms with Crippen LogP contribution in [0.1, 0.15) is 16.8 Å². The van der Waals surface area contributed by atoms with E-state index in [-0.39, 0.29) is 11.7 Å². The number of carbonyl (C=O) groups is 1. The predicted octanol–water partition coefficient (Wildman–Crippen LogP) is 2.01. The van der Waals surface area contributed by atoms with E-state index >= 15 is 0 Å². The van der Waals surface area contributed by atoms with E-state index in [0.717, 1.165) is 13.0 Å². The summed E-state index contributed by atoms with van der Waals surface area (Å²) in [7, 11) is 0. The van der Waals surface area contributed by atoms with Crippen molar-refractivity contribution < 1.29 is 9.18 Å². The Balaban J connectivity index is 2.12. The monoisotopic (exact) mass is 300 g/mol. The minimum absolute atomic E-state index is 0.0540. The fourth-order valence-corrected chi connectivity index (χ4v) is 2.40. The van der Waals surface area contributed by atoms with E-state index in [1.54, 1.807) is 4.90 Å². The van der Waals surface area contributed by atoms with Gasteiger partial charge in [0.1, 0.15) is 5.82 Å². The van der Waals surface area contributed by atoms with Crippen molar-refractivity contribution in [2.24, 2.45) is 11.7 Å². The summed E-state index contributed by atoms with van der Waals surface area (Å²) in [5, 5.41) is 0. The Morgan fingerprint density at radius 3 is 2.94 bits per heavy atom. The van der Waals surface area contributed by atoms with Crippen LogP contribution in [-0.2, 0) is 0 Å². The molecule has 1 aliphatic heterocycles. The number of nitrogens with two attached hydrogens (primary N) is 1.